The number of aliphatic hydroxyl groups is 1. The summed E-state index contributed by atoms with van der Waals surface area (Å²) in [6.45, 7) is 2.77. The molecule has 1 aliphatic heterocycles. The summed E-state index contributed by atoms with van der Waals surface area (Å²) in [4.78, 5) is 2.68. The first kappa shape index (κ1) is 17.3. The Morgan fingerprint density at radius 3 is 2.86 bits per heavy atom. The molecular formula is C19H31NO2. The first-order valence-electron chi connectivity index (χ1n) is 8.82. The molecule has 0 spiro atoms. The third-order valence-electron chi connectivity index (χ3n) is 4.79. The van der Waals surface area contributed by atoms with E-state index in [0.717, 1.165) is 25.0 Å². The largest absolute Gasteiger partial charge is 0.496 e. The fourth-order valence-corrected chi connectivity index (χ4v) is 3.52. The molecule has 3 heteroatoms. The molecule has 22 heavy (non-hydrogen) atoms. The molecule has 0 amide bonds. The van der Waals surface area contributed by atoms with Crippen molar-refractivity contribution in [2.75, 3.05) is 26.8 Å². The Kier molecular flexibility index (Phi) is 7.75. The van der Waals surface area contributed by atoms with Crippen molar-refractivity contribution >= 4 is 0 Å². The number of ether oxygens (including phenoxy) is 1. The molecule has 1 aromatic carbocycles. The van der Waals surface area contributed by atoms with E-state index in [9.17, 15) is 0 Å². The van der Waals surface area contributed by atoms with E-state index in [2.05, 4.69) is 23.1 Å². The molecule has 1 aromatic rings. The van der Waals surface area contributed by atoms with Gasteiger partial charge in [-0.1, -0.05) is 24.6 Å². The van der Waals surface area contributed by atoms with Crippen molar-refractivity contribution in [2.45, 2.75) is 57.4 Å². The molecule has 1 atom stereocenters. The molecular weight excluding hydrogens is 274 g/mol. The van der Waals surface area contributed by atoms with Gasteiger partial charge in [-0.3, -0.25) is 0 Å². The number of methoxy groups -OCH3 is 1. The molecule has 0 aliphatic carbocycles. The third-order valence-corrected chi connectivity index (χ3v) is 4.79. The van der Waals surface area contributed by atoms with Crippen molar-refractivity contribution < 1.29 is 9.84 Å². The number of aryl methyl sites for hydroxylation is 1. The quantitative estimate of drug-likeness (QED) is 0.707. The van der Waals surface area contributed by atoms with E-state index in [4.69, 9.17) is 9.84 Å². The van der Waals surface area contributed by atoms with Gasteiger partial charge in [-0.25, -0.2) is 0 Å². The van der Waals surface area contributed by atoms with Crippen LogP contribution in [0.2, 0.25) is 0 Å². The van der Waals surface area contributed by atoms with Gasteiger partial charge in [0.2, 0.25) is 0 Å². The number of piperidine rings is 1. The fraction of sp³-hybridized carbons (Fsp3) is 0.684. The van der Waals surface area contributed by atoms with Crippen molar-refractivity contribution in [3.8, 4) is 5.75 Å². The van der Waals surface area contributed by atoms with E-state index in [1.165, 1.54) is 50.8 Å². The average molecular weight is 305 g/mol. The zero-order valence-electron chi connectivity index (χ0n) is 14.0. The van der Waals surface area contributed by atoms with Crippen LogP contribution >= 0.6 is 0 Å². The number of nitrogens with zero attached hydrogens (tertiary/aromatic N) is 1. The summed E-state index contributed by atoms with van der Waals surface area (Å²) in [5, 5.41) is 8.89. The van der Waals surface area contributed by atoms with Crippen molar-refractivity contribution in [1.82, 2.24) is 4.90 Å². The topological polar surface area (TPSA) is 32.7 Å². The van der Waals surface area contributed by atoms with Crippen LogP contribution < -0.4 is 4.74 Å². The van der Waals surface area contributed by atoms with E-state index >= 15 is 0 Å². The fourth-order valence-electron chi connectivity index (χ4n) is 3.52. The van der Waals surface area contributed by atoms with Crippen LogP contribution in [0.3, 0.4) is 0 Å². The SMILES string of the molecule is COc1ccccc1CC[C@@H]1CCCCN1CCCCCO. The number of hydrogen-bond acceptors (Lipinski definition) is 3. The normalized spacial score (nSPS) is 19.3. The number of benzene rings is 1. The van der Waals surface area contributed by atoms with Crippen LogP contribution in [-0.2, 0) is 6.42 Å². The van der Waals surface area contributed by atoms with Crippen molar-refractivity contribution in [1.29, 1.82) is 0 Å². The minimum atomic E-state index is 0.331. The molecule has 0 bridgehead atoms. The van der Waals surface area contributed by atoms with Crippen molar-refractivity contribution in [2.24, 2.45) is 0 Å². The minimum absolute atomic E-state index is 0.331. The highest BCUT2D eigenvalue weighted by molar-refractivity contribution is 5.33. The van der Waals surface area contributed by atoms with E-state index < -0.39 is 0 Å². The standard InChI is InChI=1S/C19H31NO2/c1-22-19-11-4-3-9-17(19)12-13-18-10-5-7-15-20(18)14-6-2-8-16-21/h3-4,9,11,18,21H,2,5-8,10,12-16H2,1H3/t18-/m0/s1. The first-order chi connectivity index (χ1) is 10.8. The van der Waals surface area contributed by atoms with E-state index in [-0.39, 0.29) is 0 Å². The molecule has 1 aliphatic rings. The Morgan fingerprint density at radius 2 is 2.05 bits per heavy atom. The average Bonchev–Trinajstić information content (AvgIpc) is 2.58. The maximum Gasteiger partial charge on any atom is 0.122 e. The summed E-state index contributed by atoms with van der Waals surface area (Å²) in [6.07, 6.45) is 9.66. The lowest BCUT2D eigenvalue weighted by atomic mass is 9.95. The van der Waals surface area contributed by atoms with Gasteiger partial charge in [0.15, 0.2) is 0 Å². The van der Waals surface area contributed by atoms with E-state index in [0.29, 0.717) is 12.6 Å². The number of hydrogen-bond donors (Lipinski definition) is 1. The summed E-state index contributed by atoms with van der Waals surface area (Å²) in [7, 11) is 1.76. The second-order valence-electron chi connectivity index (χ2n) is 6.32. The van der Waals surface area contributed by atoms with Gasteiger partial charge in [-0.05, 0) is 69.7 Å². The molecule has 0 saturated carbocycles. The van der Waals surface area contributed by atoms with Crippen LogP contribution in [0.1, 0.15) is 50.5 Å². The molecule has 1 N–H and O–H groups in total. The van der Waals surface area contributed by atoms with Crippen LogP contribution in [-0.4, -0.2) is 42.9 Å². The second-order valence-corrected chi connectivity index (χ2v) is 6.32. The summed E-state index contributed by atoms with van der Waals surface area (Å²) >= 11 is 0. The van der Waals surface area contributed by atoms with Crippen molar-refractivity contribution in [3.05, 3.63) is 29.8 Å². The third kappa shape index (κ3) is 5.29. The highest BCUT2D eigenvalue weighted by atomic mass is 16.5. The van der Waals surface area contributed by atoms with Crippen LogP contribution in [0, 0.1) is 0 Å². The van der Waals surface area contributed by atoms with Crippen LogP contribution in [0.4, 0.5) is 0 Å². The summed E-state index contributed by atoms with van der Waals surface area (Å²) in [5.74, 6) is 1.02. The maximum absolute atomic E-state index is 8.89. The van der Waals surface area contributed by atoms with Gasteiger partial charge < -0.3 is 14.7 Å². The van der Waals surface area contributed by atoms with Crippen LogP contribution in [0.5, 0.6) is 5.75 Å². The number of para-hydroxylation sites is 1. The van der Waals surface area contributed by atoms with Gasteiger partial charge in [0, 0.05) is 12.6 Å². The molecule has 2 rings (SSSR count). The molecule has 124 valence electrons. The highest BCUT2D eigenvalue weighted by Gasteiger charge is 2.21. The zero-order chi connectivity index (χ0) is 15.6. The Bertz CT molecular complexity index is 422. The molecule has 0 radical (unpaired) electrons. The monoisotopic (exact) mass is 305 g/mol. The van der Waals surface area contributed by atoms with Gasteiger partial charge in [0.05, 0.1) is 7.11 Å². The van der Waals surface area contributed by atoms with Gasteiger partial charge in [-0.15, -0.1) is 0 Å². The van der Waals surface area contributed by atoms with E-state index in [1.807, 2.05) is 6.07 Å². The smallest absolute Gasteiger partial charge is 0.122 e. The maximum atomic E-state index is 8.89. The Balaban J connectivity index is 1.83. The summed E-state index contributed by atoms with van der Waals surface area (Å²) in [5.41, 5.74) is 1.33. The van der Waals surface area contributed by atoms with Crippen LogP contribution in [0.15, 0.2) is 24.3 Å². The van der Waals surface area contributed by atoms with Gasteiger partial charge in [0.1, 0.15) is 5.75 Å². The van der Waals surface area contributed by atoms with Crippen molar-refractivity contribution in [3.63, 3.8) is 0 Å². The summed E-state index contributed by atoms with van der Waals surface area (Å²) < 4.78 is 5.47. The predicted molar refractivity (Wildman–Crippen MR) is 91.5 cm³/mol. The molecule has 1 fully saturated rings. The lowest BCUT2D eigenvalue weighted by molar-refractivity contribution is 0.136. The van der Waals surface area contributed by atoms with Gasteiger partial charge >= 0.3 is 0 Å². The van der Waals surface area contributed by atoms with Crippen LogP contribution in [0.25, 0.3) is 0 Å². The number of aliphatic hydroxyl groups excluding tert-OH is 1. The number of unbranched alkanes of at least 4 members (excludes halogenated alkanes) is 2. The Labute approximate surface area is 135 Å². The zero-order valence-corrected chi connectivity index (χ0v) is 14.0. The first-order valence-corrected chi connectivity index (χ1v) is 8.82. The highest BCUT2D eigenvalue weighted by Crippen LogP contribution is 2.25. The molecule has 0 aromatic heterocycles. The minimum Gasteiger partial charge on any atom is -0.496 e. The predicted octanol–water partition coefficient (Wildman–Crippen LogP) is 3.64. The lowest BCUT2D eigenvalue weighted by Crippen LogP contribution is -2.40. The number of rotatable bonds is 9. The summed E-state index contributed by atoms with van der Waals surface area (Å²) in [6, 6.07) is 9.10. The van der Waals surface area contributed by atoms with E-state index in [1.54, 1.807) is 7.11 Å². The van der Waals surface area contributed by atoms with Gasteiger partial charge in [0.25, 0.3) is 0 Å². The number of likely N-dealkylation sites (tertiary alicyclic amines) is 1. The lowest BCUT2D eigenvalue weighted by Gasteiger charge is -2.36. The van der Waals surface area contributed by atoms with Gasteiger partial charge in [-0.2, -0.15) is 0 Å². The Morgan fingerprint density at radius 1 is 1.18 bits per heavy atom. The second kappa shape index (κ2) is 9.86. The molecule has 0 unspecified atom stereocenters. The Hall–Kier alpha value is -1.06. The molecule has 1 saturated heterocycles. The molecule has 3 nitrogen and oxygen atoms in total. The molecule has 1 heterocycles.